The standard InChI is InChI=1S/C9H7N5/c1-7-5-11-3-2-8(7)14-6-12-9(4-10)13-14/h2-3,5-6H,1H3. The fraction of sp³-hybridized carbons (Fsp3) is 0.111. The Hall–Kier alpha value is -2.22. The zero-order valence-electron chi connectivity index (χ0n) is 7.55. The molecule has 2 aromatic heterocycles. The van der Waals surface area contributed by atoms with E-state index in [1.54, 1.807) is 17.1 Å². The summed E-state index contributed by atoms with van der Waals surface area (Å²) < 4.78 is 1.57. The second-order valence-corrected chi connectivity index (χ2v) is 2.79. The zero-order chi connectivity index (χ0) is 9.97. The van der Waals surface area contributed by atoms with Gasteiger partial charge in [0.1, 0.15) is 12.4 Å². The van der Waals surface area contributed by atoms with E-state index in [0.717, 1.165) is 11.3 Å². The molecule has 0 bridgehead atoms. The molecule has 5 nitrogen and oxygen atoms in total. The highest BCUT2D eigenvalue weighted by molar-refractivity contribution is 5.36. The Morgan fingerprint density at radius 1 is 1.50 bits per heavy atom. The normalized spacial score (nSPS) is 9.71. The van der Waals surface area contributed by atoms with E-state index >= 15 is 0 Å². The molecule has 0 amide bonds. The molecule has 5 heteroatoms. The lowest BCUT2D eigenvalue weighted by atomic mass is 10.3. The van der Waals surface area contributed by atoms with Crippen LogP contribution in [0.2, 0.25) is 0 Å². The van der Waals surface area contributed by atoms with E-state index in [0.29, 0.717) is 0 Å². The average Bonchev–Trinajstić information content (AvgIpc) is 2.67. The van der Waals surface area contributed by atoms with Gasteiger partial charge in [-0.2, -0.15) is 5.26 Å². The summed E-state index contributed by atoms with van der Waals surface area (Å²) in [5.74, 6) is 0.168. The van der Waals surface area contributed by atoms with Crippen LogP contribution >= 0.6 is 0 Å². The zero-order valence-corrected chi connectivity index (χ0v) is 7.55. The molecule has 0 radical (unpaired) electrons. The number of aryl methyl sites for hydroxylation is 1. The third-order valence-corrected chi connectivity index (χ3v) is 1.83. The minimum Gasteiger partial charge on any atom is -0.264 e. The Kier molecular flexibility index (Phi) is 1.95. The predicted molar refractivity (Wildman–Crippen MR) is 48.6 cm³/mol. The minimum atomic E-state index is 0.168. The molecule has 0 aliphatic carbocycles. The highest BCUT2D eigenvalue weighted by Gasteiger charge is 2.03. The number of nitrogens with zero attached hydrogens (tertiary/aromatic N) is 5. The van der Waals surface area contributed by atoms with Gasteiger partial charge in [-0.3, -0.25) is 4.98 Å². The first-order valence-electron chi connectivity index (χ1n) is 4.04. The molecule has 0 atom stereocenters. The summed E-state index contributed by atoms with van der Waals surface area (Å²) in [5, 5.41) is 12.5. The Morgan fingerprint density at radius 2 is 2.36 bits per heavy atom. The summed E-state index contributed by atoms with van der Waals surface area (Å²) in [6.07, 6.45) is 4.93. The topological polar surface area (TPSA) is 67.4 Å². The molecule has 0 aliphatic rings. The van der Waals surface area contributed by atoms with E-state index in [4.69, 9.17) is 5.26 Å². The SMILES string of the molecule is Cc1cnccc1-n1cnc(C#N)n1. The summed E-state index contributed by atoms with van der Waals surface area (Å²) in [5.41, 5.74) is 1.87. The molecule has 0 spiro atoms. The monoisotopic (exact) mass is 185 g/mol. The van der Waals surface area contributed by atoms with Crippen molar-refractivity contribution in [2.24, 2.45) is 0 Å². The smallest absolute Gasteiger partial charge is 0.252 e. The van der Waals surface area contributed by atoms with Crippen LogP contribution in [0.1, 0.15) is 11.4 Å². The molecule has 2 heterocycles. The summed E-state index contributed by atoms with van der Waals surface area (Å²) in [4.78, 5) is 7.79. The predicted octanol–water partition coefficient (Wildman–Crippen LogP) is 0.842. The number of aromatic nitrogens is 4. The Morgan fingerprint density at radius 3 is 3.00 bits per heavy atom. The summed E-state index contributed by atoms with van der Waals surface area (Å²) in [7, 11) is 0. The summed E-state index contributed by atoms with van der Waals surface area (Å²) in [6, 6.07) is 3.70. The van der Waals surface area contributed by atoms with E-state index in [-0.39, 0.29) is 5.82 Å². The van der Waals surface area contributed by atoms with Crippen LogP contribution in [-0.4, -0.2) is 19.7 Å². The van der Waals surface area contributed by atoms with Crippen molar-refractivity contribution in [2.45, 2.75) is 6.92 Å². The van der Waals surface area contributed by atoms with Gasteiger partial charge >= 0.3 is 0 Å². The average molecular weight is 185 g/mol. The summed E-state index contributed by atoms with van der Waals surface area (Å²) >= 11 is 0. The maximum absolute atomic E-state index is 8.57. The molecule has 2 aromatic rings. The molecule has 68 valence electrons. The number of nitriles is 1. The third kappa shape index (κ3) is 1.33. The van der Waals surface area contributed by atoms with Gasteiger partial charge in [-0.25, -0.2) is 9.67 Å². The van der Waals surface area contributed by atoms with Crippen LogP contribution in [0.3, 0.4) is 0 Å². The summed E-state index contributed by atoms with van der Waals surface area (Å²) in [6.45, 7) is 1.93. The van der Waals surface area contributed by atoms with Crippen LogP contribution in [0, 0.1) is 18.3 Å². The lowest BCUT2D eigenvalue weighted by Gasteiger charge is -2.02. The van der Waals surface area contributed by atoms with E-state index < -0.39 is 0 Å². The van der Waals surface area contributed by atoms with Crippen molar-refractivity contribution in [3.05, 3.63) is 36.2 Å². The van der Waals surface area contributed by atoms with Crippen molar-refractivity contribution in [3.8, 4) is 11.8 Å². The van der Waals surface area contributed by atoms with Crippen molar-refractivity contribution in [2.75, 3.05) is 0 Å². The first-order chi connectivity index (χ1) is 6.81. The van der Waals surface area contributed by atoms with Crippen LogP contribution in [0.4, 0.5) is 0 Å². The molecule has 14 heavy (non-hydrogen) atoms. The van der Waals surface area contributed by atoms with Crippen LogP contribution in [-0.2, 0) is 0 Å². The molecule has 2 rings (SSSR count). The fourth-order valence-electron chi connectivity index (χ4n) is 1.15. The Bertz CT molecular complexity index is 494. The quantitative estimate of drug-likeness (QED) is 0.660. The lowest BCUT2D eigenvalue weighted by Crippen LogP contribution is -1.98. The van der Waals surface area contributed by atoms with Gasteiger partial charge < -0.3 is 0 Å². The van der Waals surface area contributed by atoms with E-state index in [9.17, 15) is 0 Å². The highest BCUT2D eigenvalue weighted by Crippen LogP contribution is 2.09. The van der Waals surface area contributed by atoms with Crippen LogP contribution in [0.25, 0.3) is 5.69 Å². The van der Waals surface area contributed by atoms with Crippen LogP contribution in [0.15, 0.2) is 24.8 Å². The van der Waals surface area contributed by atoms with Crippen molar-refractivity contribution in [1.82, 2.24) is 19.7 Å². The number of hydrogen-bond donors (Lipinski definition) is 0. The maximum Gasteiger partial charge on any atom is 0.252 e. The minimum absolute atomic E-state index is 0.168. The number of rotatable bonds is 1. The first kappa shape index (κ1) is 8.38. The Labute approximate surface area is 80.7 Å². The van der Waals surface area contributed by atoms with Gasteiger partial charge in [-0.15, -0.1) is 5.10 Å². The molecule has 0 unspecified atom stereocenters. The second kappa shape index (κ2) is 3.26. The first-order valence-corrected chi connectivity index (χ1v) is 4.04. The molecule has 0 N–H and O–H groups in total. The second-order valence-electron chi connectivity index (χ2n) is 2.79. The van der Waals surface area contributed by atoms with Crippen molar-refractivity contribution in [1.29, 1.82) is 5.26 Å². The van der Waals surface area contributed by atoms with Gasteiger partial charge in [-0.05, 0) is 18.6 Å². The third-order valence-electron chi connectivity index (χ3n) is 1.83. The molecular weight excluding hydrogens is 178 g/mol. The lowest BCUT2D eigenvalue weighted by molar-refractivity contribution is 0.861. The van der Waals surface area contributed by atoms with Gasteiger partial charge in [0.05, 0.1) is 5.69 Å². The molecule has 0 saturated carbocycles. The van der Waals surface area contributed by atoms with Gasteiger partial charge in [0.15, 0.2) is 0 Å². The molecule has 0 aromatic carbocycles. The maximum atomic E-state index is 8.57. The van der Waals surface area contributed by atoms with E-state index in [1.807, 2.05) is 19.1 Å². The number of hydrogen-bond acceptors (Lipinski definition) is 4. The van der Waals surface area contributed by atoms with Crippen LogP contribution < -0.4 is 0 Å². The van der Waals surface area contributed by atoms with Crippen molar-refractivity contribution >= 4 is 0 Å². The van der Waals surface area contributed by atoms with Gasteiger partial charge in [0.25, 0.3) is 5.82 Å². The van der Waals surface area contributed by atoms with Crippen molar-refractivity contribution in [3.63, 3.8) is 0 Å². The number of pyridine rings is 1. The van der Waals surface area contributed by atoms with E-state index in [1.165, 1.54) is 6.33 Å². The largest absolute Gasteiger partial charge is 0.264 e. The molecule has 0 fully saturated rings. The molecular formula is C9H7N5. The van der Waals surface area contributed by atoms with Gasteiger partial charge in [0.2, 0.25) is 0 Å². The highest BCUT2D eigenvalue weighted by atomic mass is 15.3. The van der Waals surface area contributed by atoms with E-state index in [2.05, 4.69) is 15.1 Å². The van der Waals surface area contributed by atoms with Gasteiger partial charge in [0, 0.05) is 12.4 Å². The van der Waals surface area contributed by atoms with Gasteiger partial charge in [-0.1, -0.05) is 0 Å². The van der Waals surface area contributed by atoms with Crippen LogP contribution in [0.5, 0.6) is 0 Å². The van der Waals surface area contributed by atoms with Crippen molar-refractivity contribution < 1.29 is 0 Å². The molecule has 0 saturated heterocycles. The molecule has 0 aliphatic heterocycles. The fourth-order valence-corrected chi connectivity index (χ4v) is 1.15. The Balaban J connectivity index is 2.51.